The number of aliphatic imine (C=N–C) groups is 1. The average molecular weight is 420 g/mol. The van der Waals surface area contributed by atoms with Gasteiger partial charge in [-0.3, -0.25) is 0 Å². The molecule has 0 radical (unpaired) electrons. The van der Waals surface area contributed by atoms with E-state index in [1.54, 1.807) is 7.11 Å². The highest BCUT2D eigenvalue weighted by Crippen LogP contribution is 2.21. The van der Waals surface area contributed by atoms with Crippen molar-refractivity contribution >= 4 is 23.6 Å². The topological polar surface area (TPSA) is 40.0 Å². The molecule has 4 rings (SSSR count). The lowest BCUT2D eigenvalue weighted by molar-refractivity contribution is 0.321. The van der Waals surface area contributed by atoms with Gasteiger partial charge in [0.15, 0.2) is 0 Å². The van der Waals surface area contributed by atoms with Gasteiger partial charge in [0.2, 0.25) is 5.90 Å². The number of benzene rings is 3. The molecule has 3 aromatic rings. The minimum atomic E-state index is 0.456. The van der Waals surface area contributed by atoms with E-state index in [-0.39, 0.29) is 0 Å². The molecule has 152 valence electrons. The highest BCUT2D eigenvalue weighted by atomic mass is 35.5. The van der Waals surface area contributed by atoms with E-state index in [2.05, 4.69) is 17.1 Å². The standard InChI is InChI=1S/C25H22ClNO3/c1-28-23-10-4-18(5-11-23)14-15-29-24-12-6-20(7-13-24)25-27-22(17-30-25)16-19-2-8-21(26)9-3-19/h2-13,16H,14-15,17H2,1H3/b22-16-. The van der Waals surface area contributed by atoms with Crippen LogP contribution in [0.1, 0.15) is 16.7 Å². The van der Waals surface area contributed by atoms with Crippen LogP contribution in [-0.2, 0) is 11.2 Å². The molecule has 0 unspecified atom stereocenters. The van der Waals surface area contributed by atoms with Gasteiger partial charge in [0.25, 0.3) is 0 Å². The van der Waals surface area contributed by atoms with Gasteiger partial charge in [0.1, 0.15) is 18.1 Å². The first-order valence-corrected chi connectivity index (χ1v) is 10.1. The third kappa shape index (κ3) is 5.22. The zero-order valence-corrected chi connectivity index (χ0v) is 17.4. The second-order valence-corrected chi connectivity index (χ2v) is 7.30. The van der Waals surface area contributed by atoms with E-state index in [0.29, 0.717) is 19.1 Å². The first-order chi connectivity index (χ1) is 14.7. The molecule has 5 heteroatoms. The van der Waals surface area contributed by atoms with Gasteiger partial charge in [0, 0.05) is 17.0 Å². The van der Waals surface area contributed by atoms with Crippen LogP contribution in [-0.4, -0.2) is 26.2 Å². The number of methoxy groups -OCH3 is 1. The number of halogens is 1. The molecule has 0 fully saturated rings. The Kier molecular flexibility index (Phi) is 6.35. The Morgan fingerprint density at radius 2 is 1.63 bits per heavy atom. The molecule has 0 N–H and O–H groups in total. The van der Waals surface area contributed by atoms with Gasteiger partial charge in [-0.05, 0) is 65.7 Å². The number of ether oxygens (including phenoxy) is 3. The van der Waals surface area contributed by atoms with E-state index in [0.717, 1.165) is 39.8 Å². The smallest absolute Gasteiger partial charge is 0.221 e. The molecule has 4 nitrogen and oxygen atoms in total. The third-order valence-electron chi connectivity index (χ3n) is 4.72. The Balaban J connectivity index is 1.33. The molecular formula is C25H22ClNO3. The molecule has 1 aliphatic rings. The van der Waals surface area contributed by atoms with E-state index < -0.39 is 0 Å². The van der Waals surface area contributed by atoms with E-state index in [1.807, 2.05) is 66.7 Å². The maximum Gasteiger partial charge on any atom is 0.221 e. The summed E-state index contributed by atoms with van der Waals surface area (Å²) in [6.45, 7) is 1.06. The molecule has 30 heavy (non-hydrogen) atoms. The van der Waals surface area contributed by atoms with Crippen LogP contribution in [0.25, 0.3) is 6.08 Å². The highest BCUT2D eigenvalue weighted by molar-refractivity contribution is 6.30. The van der Waals surface area contributed by atoms with Crippen molar-refractivity contribution in [3.63, 3.8) is 0 Å². The van der Waals surface area contributed by atoms with Crippen molar-refractivity contribution in [3.05, 3.63) is 100 Å². The van der Waals surface area contributed by atoms with E-state index >= 15 is 0 Å². The minimum absolute atomic E-state index is 0.456. The summed E-state index contributed by atoms with van der Waals surface area (Å²) in [6.07, 6.45) is 2.83. The normalized spacial score (nSPS) is 14.3. The first-order valence-electron chi connectivity index (χ1n) is 9.73. The van der Waals surface area contributed by atoms with Crippen molar-refractivity contribution in [2.45, 2.75) is 6.42 Å². The van der Waals surface area contributed by atoms with Crippen LogP contribution in [0.15, 0.2) is 83.5 Å². The van der Waals surface area contributed by atoms with Crippen molar-refractivity contribution in [2.24, 2.45) is 4.99 Å². The second-order valence-electron chi connectivity index (χ2n) is 6.86. The summed E-state index contributed by atoms with van der Waals surface area (Å²) >= 11 is 5.93. The van der Waals surface area contributed by atoms with Crippen molar-refractivity contribution in [3.8, 4) is 11.5 Å². The van der Waals surface area contributed by atoms with Gasteiger partial charge in [-0.15, -0.1) is 0 Å². The zero-order chi connectivity index (χ0) is 20.8. The monoisotopic (exact) mass is 419 g/mol. The fourth-order valence-corrected chi connectivity index (χ4v) is 3.21. The molecule has 0 spiro atoms. The van der Waals surface area contributed by atoms with Crippen LogP contribution in [0.4, 0.5) is 0 Å². The van der Waals surface area contributed by atoms with Crippen LogP contribution >= 0.6 is 11.6 Å². The predicted molar refractivity (Wildman–Crippen MR) is 121 cm³/mol. The quantitative estimate of drug-likeness (QED) is 0.486. The van der Waals surface area contributed by atoms with Gasteiger partial charge in [-0.1, -0.05) is 35.9 Å². The SMILES string of the molecule is COc1ccc(CCOc2ccc(C3=N/C(=C\c4ccc(Cl)cc4)CO3)cc2)cc1. The first kappa shape index (κ1) is 20.0. The Morgan fingerprint density at radius 3 is 2.33 bits per heavy atom. The van der Waals surface area contributed by atoms with Crippen LogP contribution in [0.3, 0.4) is 0 Å². The maximum atomic E-state index is 5.93. The molecule has 1 heterocycles. The summed E-state index contributed by atoms with van der Waals surface area (Å²) in [4.78, 5) is 4.59. The van der Waals surface area contributed by atoms with Crippen LogP contribution in [0.5, 0.6) is 11.5 Å². The maximum absolute atomic E-state index is 5.93. The number of nitrogens with zero attached hydrogens (tertiary/aromatic N) is 1. The molecule has 0 amide bonds. The molecule has 1 aliphatic heterocycles. The molecule has 0 aliphatic carbocycles. The zero-order valence-electron chi connectivity index (χ0n) is 16.7. The Labute approximate surface area is 181 Å². The Hall–Kier alpha value is -3.24. The van der Waals surface area contributed by atoms with Gasteiger partial charge >= 0.3 is 0 Å². The minimum Gasteiger partial charge on any atom is -0.497 e. The van der Waals surface area contributed by atoms with Gasteiger partial charge < -0.3 is 14.2 Å². The van der Waals surface area contributed by atoms with Crippen molar-refractivity contribution in [1.29, 1.82) is 0 Å². The summed E-state index contributed by atoms with van der Waals surface area (Å²) in [5.74, 6) is 2.31. The van der Waals surface area contributed by atoms with Crippen molar-refractivity contribution < 1.29 is 14.2 Å². The van der Waals surface area contributed by atoms with Crippen LogP contribution < -0.4 is 9.47 Å². The molecule has 0 aromatic heterocycles. The highest BCUT2D eigenvalue weighted by Gasteiger charge is 2.14. The largest absolute Gasteiger partial charge is 0.497 e. The average Bonchev–Trinajstić information content (AvgIpc) is 3.25. The van der Waals surface area contributed by atoms with E-state index in [4.69, 9.17) is 25.8 Å². The second kappa shape index (κ2) is 9.51. The Morgan fingerprint density at radius 1 is 0.933 bits per heavy atom. The fourth-order valence-electron chi connectivity index (χ4n) is 3.08. The van der Waals surface area contributed by atoms with Gasteiger partial charge in [-0.25, -0.2) is 4.99 Å². The van der Waals surface area contributed by atoms with Crippen LogP contribution in [0, 0.1) is 0 Å². The number of hydrogen-bond acceptors (Lipinski definition) is 4. The van der Waals surface area contributed by atoms with E-state index in [1.165, 1.54) is 5.56 Å². The summed E-state index contributed by atoms with van der Waals surface area (Å²) in [6, 6.07) is 23.5. The van der Waals surface area contributed by atoms with E-state index in [9.17, 15) is 0 Å². The Bertz CT molecular complexity index is 1040. The molecule has 0 atom stereocenters. The number of hydrogen-bond donors (Lipinski definition) is 0. The molecular weight excluding hydrogens is 398 g/mol. The van der Waals surface area contributed by atoms with Gasteiger partial charge in [-0.2, -0.15) is 0 Å². The molecule has 0 saturated carbocycles. The summed E-state index contributed by atoms with van der Waals surface area (Å²) in [5.41, 5.74) is 4.06. The summed E-state index contributed by atoms with van der Waals surface area (Å²) in [5, 5.41) is 0.718. The molecule has 0 bridgehead atoms. The van der Waals surface area contributed by atoms with Gasteiger partial charge in [0.05, 0.1) is 19.4 Å². The molecule has 3 aromatic carbocycles. The predicted octanol–water partition coefficient (Wildman–Crippen LogP) is 5.79. The van der Waals surface area contributed by atoms with Crippen molar-refractivity contribution in [1.82, 2.24) is 0 Å². The lowest BCUT2D eigenvalue weighted by Crippen LogP contribution is -2.03. The lowest BCUT2D eigenvalue weighted by Gasteiger charge is -2.08. The van der Waals surface area contributed by atoms with Crippen molar-refractivity contribution in [2.75, 3.05) is 20.3 Å². The summed E-state index contributed by atoms with van der Waals surface area (Å²) in [7, 11) is 1.67. The molecule has 0 saturated heterocycles. The fraction of sp³-hybridized carbons (Fsp3) is 0.160. The number of rotatable bonds is 7. The third-order valence-corrected chi connectivity index (χ3v) is 4.98. The van der Waals surface area contributed by atoms with Crippen LogP contribution in [0.2, 0.25) is 5.02 Å². The summed E-state index contributed by atoms with van der Waals surface area (Å²) < 4.78 is 16.8. The lowest BCUT2D eigenvalue weighted by atomic mass is 10.1.